The van der Waals surface area contributed by atoms with Crippen LogP contribution < -0.4 is 0 Å². The van der Waals surface area contributed by atoms with Gasteiger partial charge in [0.1, 0.15) is 0 Å². The lowest BCUT2D eigenvalue weighted by Crippen LogP contribution is -1.88. The molecule has 0 radical (unpaired) electrons. The van der Waals surface area contributed by atoms with Crippen LogP contribution in [-0.4, -0.2) is 11.2 Å². The molecule has 0 atom stereocenters. The highest BCUT2D eigenvalue weighted by Crippen LogP contribution is 2.13. The maximum Gasteiger partial charge on any atom is 0.0299 e. The van der Waals surface area contributed by atoms with Gasteiger partial charge in [0.25, 0.3) is 0 Å². The van der Waals surface area contributed by atoms with E-state index in [2.05, 4.69) is 23.7 Å². The van der Waals surface area contributed by atoms with Crippen molar-refractivity contribution < 1.29 is 0 Å². The van der Waals surface area contributed by atoms with Crippen molar-refractivity contribution in [3.63, 3.8) is 0 Å². The van der Waals surface area contributed by atoms with Gasteiger partial charge in [0.15, 0.2) is 0 Å². The number of aromatic nitrogens is 1. The lowest BCUT2D eigenvalue weighted by molar-refractivity contribution is 0.722. The Bertz CT molecular complexity index is 404. The van der Waals surface area contributed by atoms with Crippen LogP contribution in [0.15, 0.2) is 48.3 Å². The van der Waals surface area contributed by atoms with Crippen molar-refractivity contribution in [3.8, 4) is 0 Å². The third-order valence-corrected chi connectivity index (χ3v) is 2.91. The molecule has 1 heterocycles. The standard InChI is InChI=1S/C16H22N2/c1-14(9-10-15(2)12-17)6-3-4-7-16-8-5-11-18-13-16/h5,8,10-13,17H,1,3-4,6-7,9H2,2H3/b15-10+,17-12?. The van der Waals surface area contributed by atoms with Gasteiger partial charge in [-0.25, -0.2) is 0 Å². The van der Waals surface area contributed by atoms with E-state index in [4.69, 9.17) is 5.41 Å². The monoisotopic (exact) mass is 242 g/mol. The van der Waals surface area contributed by atoms with Gasteiger partial charge in [-0.2, -0.15) is 0 Å². The summed E-state index contributed by atoms with van der Waals surface area (Å²) >= 11 is 0. The molecular formula is C16H22N2. The molecule has 2 heteroatoms. The van der Waals surface area contributed by atoms with Crippen LogP contribution in [0.5, 0.6) is 0 Å². The van der Waals surface area contributed by atoms with E-state index in [1.807, 2.05) is 25.4 Å². The van der Waals surface area contributed by atoms with E-state index in [0.717, 1.165) is 24.8 Å². The first-order chi connectivity index (χ1) is 8.72. The molecule has 0 aliphatic rings. The molecule has 0 bridgehead atoms. The van der Waals surface area contributed by atoms with Crippen molar-refractivity contribution in [2.24, 2.45) is 0 Å². The Labute approximate surface area is 110 Å². The molecule has 1 aromatic heterocycles. The molecule has 0 aromatic carbocycles. The molecule has 0 saturated carbocycles. The zero-order valence-electron chi connectivity index (χ0n) is 11.2. The molecule has 0 aliphatic heterocycles. The summed E-state index contributed by atoms with van der Waals surface area (Å²) in [6.45, 7) is 6.02. The third kappa shape index (κ3) is 6.14. The van der Waals surface area contributed by atoms with Crippen LogP contribution in [0.1, 0.15) is 38.2 Å². The van der Waals surface area contributed by atoms with Crippen molar-refractivity contribution >= 4 is 6.21 Å². The predicted octanol–water partition coefficient (Wildman–Crippen LogP) is 4.34. The molecule has 2 nitrogen and oxygen atoms in total. The second-order valence-corrected chi connectivity index (χ2v) is 4.61. The van der Waals surface area contributed by atoms with Gasteiger partial charge >= 0.3 is 0 Å². The summed E-state index contributed by atoms with van der Waals surface area (Å²) in [5.74, 6) is 0. The molecule has 18 heavy (non-hydrogen) atoms. The number of pyridine rings is 1. The van der Waals surface area contributed by atoms with E-state index in [0.29, 0.717) is 0 Å². The summed E-state index contributed by atoms with van der Waals surface area (Å²) in [4.78, 5) is 4.11. The van der Waals surface area contributed by atoms with Crippen LogP contribution >= 0.6 is 0 Å². The van der Waals surface area contributed by atoms with E-state index in [-0.39, 0.29) is 0 Å². The highest BCUT2D eigenvalue weighted by atomic mass is 14.6. The van der Waals surface area contributed by atoms with Gasteiger partial charge in [0, 0.05) is 18.6 Å². The molecule has 0 saturated heterocycles. The van der Waals surface area contributed by atoms with Gasteiger partial charge in [-0.05, 0) is 56.2 Å². The van der Waals surface area contributed by atoms with Gasteiger partial charge < -0.3 is 5.41 Å². The maximum absolute atomic E-state index is 7.09. The van der Waals surface area contributed by atoms with Crippen molar-refractivity contribution in [2.45, 2.75) is 39.0 Å². The first-order valence-electron chi connectivity index (χ1n) is 6.45. The van der Waals surface area contributed by atoms with E-state index in [1.54, 1.807) is 0 Å². The smallest absolute Gasteiger partial charge is 0.0299 e. The number of allylic oxidation sites excluding steroid dienone is 3. The fraction of sp³-hybridized carbons (Fsp3) is 0.375. The first-order valence-corrected chi connectivity index (χ1v) is 6.45. The van der Waals surface area contributed by atoms with Gasteiger partial charge in [-0.15, -0.1) is 0 Å². The lowest BCUT2D eigenvalue weighted by atomic mass is 10.0. The Hall–Kier alpha value is -1.70. The lowest BCUT2D eigenvalue weighted by Gasteiger charge is -2.03. The number of hydrogen-bond donors (Lipinski definition) is 1. The van der Waals surface area contributed by atoms with E-state index < -0.39 is 0 Å². The fourth-order valence-corrected chi connectivity index (χ4v) is 1.72. The second-order valence-electron chi connectivity index (χ2n) is 4.61. The number of nitrogens with one attached hydrogen (secondary N) is 1. The quantitative estimate of drug-likeness (QED) is 0.411. The van der Waals surface area contributed by atoms with Crippen LogP contribution in [0.2, 0.25) is 0 Å². The molecule has 0 amide bonds. The van der Waals surface area contributed by atoms with Crippen molar-refractivity contribution in [3.05, 3.63) is 53.9 Å². The molecule has 1 aromatic rings. The fourth-order valence-electron chi connectivity index (χ4n) is 1.72. The molecule has 0 spiro atoms. The van der Waals surface area contributed by atoms with Gasteiger partial charge in [-0.1, -0.05) is 24.3 Å². The van der Waals surface area contributed by atoms with Crippen LogP contribution in [0.3, 0.4) is 0 Å². The van der Waals surface area contributed by atoms with Crippen LogP contribution in [0.25, 0.3) is 0 Å². The third-order valence-electron chi connectivity index (χ3n) is 2.91. The minimum absolute atomic E-state index is 0.897. The summed E-state index contributed by atoms with van der Waals surface area (Å²) in [5.41, 5.74) is 3.57. The van der Waals surface area contributed by atoms with E-state index >= 15 is 0 Å². The summed E-state index contributed by atoms with van der Waals surface area (Å²) in [7, 11) is 0. The largest absolute Gasteiger partial charge is 0.308 e. The molecule has 1 N–H and O–H groups in total. The zero-order chi connectivity index (χ0) is 13.2. The first kappa shape index (κ1) is 14.4. The number of rotatable bonds is 8. The summed E-state index contributed by atoms with van der Waals surface area (Å²) < 4.78 is 0. The Morgan fingerprint density at radius 3 is 2.94 bits per heavy atom. The SMILES string of the molecule is C=C(C/C=C(\C)C=N)CCCCc1cccnc1. The average molecular weight is 242 g/mol. The van der Waals surface area contributed by atoms with E-state index in [1.165, 1.54) is 30.2 Å². The number of aryl methyl sites for hydroxylation is 1. The zero-order valence-corrected chi connectivity index (χ0v) is 11.2. The van der Waals surface area contributed by atoms with Crippen LogP contribution in [0.4, 0.5) is 0 Å². The van der Waals surface area contributed by atoms with Gasteiger partial charge in [0.05, 0.1) is 0 Å². The average Bonchev–Trinajstić information content (AvgIpc) is 2.42. The summed E-state index contributed by atoms with van der Waals surface area (Å²) in [6, 6.07) is 4.11. The number of nitrogens with zero attached hydrogens (tertiary/aromatic N) is 1. The van der Waals surface area contributed by atoms with Crippen LogP contribution in [0, 0.1) is 5.41 Å². The molecule has 96 valence electrons. The highest BCUT2D eigenvalue weighted by Gasteiger charge is 1.96. The molecular weight excluding hydrogens is 220 g/mol. The Morgan fingerprint density at radius 1 is 1.44 bits per heavy atom. The summed E-state index contributed by atoms with van der Waals surface area (Å²) in [5, 5.41) is 7.09. The highest BCUT2D eigenvalue weighted by molar-refractivity contribution is 5.74. The Balaban J connectivity index is 2.14. The van der Waals surface area contributed by atoms with Gasteiger partial charge in [0.2, 0.25) is 0 Å². The number of unbranched alkanes of at least 4 members (excludes halogenated alkanes) is 1. The minimum Gasteiger partial charge on any atom is -0.308 e. The van der Waals surface area contributed by atoms with Gasteiger partial charge in [-0.3, -0.25) is 4.98 Å². The normalized spacial score (nSPS) is 11.3. The number of hydrogen-bond acceptors (Lipinski definition) is 2. The Morgan fingerprint density at radius 2 is 2.28 bits per heavy atom. The topological polar surface area (TPSA) is 36.7 Å². The van der Waals surface area contributed by atoms with E-state index in [9.17, 15) is 0 Å². The predicted molar refractivity (Wildman–Crippen MR) is 78.1 cm³/mol. The second kappa shape index (κ2) is 8.40. The molecule has 0 unspecified atom stereocenters. The molecule has 0 aliphatic carbocycles. The van der Waals surface area contributed by atoms with Crippen molar-refractivity contribution in [1.29, 1.82) is 5.41 Å². The van der Waals surface area contributed by atoms with Crippen LogP contribution in [-0.2, 0) is 6.42 Å². The maximum atomic E-state index is 7.09. The Kier molecular flexibility index (Phi) is 6.70. The van der Waals surface area contributed by atoms with Crippen molar-refractivity contribution in [1.82, 2.24) is 4.98 Å². The minimum atomic E-state index is 0.897. The molecule has 1 rings (SSSR count). The molecule has 0 fully saturated rings. The summed E-state index contributed by atoms with van der Waals surface area (Å²) in [6.07, 6.45) is 12.6. The van der Waals surface area contributed by atoms with Crippen molar-refractivity contribution in [2.75, 3.05) is 0 Å².